The van der Waals surface area contributed by atoms with Gasteiger partial charge in [-0.1, -0.05) is 13.3 Å². The van der Waals surface area contributed by atoms with E-state index in [0.29, 0.717) is 52.7 Å². The molecule has 0 aliphatic heterocycles. The van der Waals surface area contributed by atoms with E-state index in [9.17, 15) is 14.4 Å². The van der Waals surface area contributed by atoms with Crippen LogP contribution in [0.3, 0.4) is 0 Å². The maximum absolute atomic E-state index is 11.6. The number of amides is 2. The highest BCUT2D eigenvalue weighted by molar-refractivity contribution is 5.78. The van der Waals surface area contributed by atoms with Crippen LogP contribution in [0, 0.1) is 5.92 Å². The number of hydrogen-bond acceptors (Lipinski definition) is 7. The second-order valence-corrected chi connectivity index (χ2v) is 6.62. The Morgan fingerprint density at radius 1 is 0.759 bits per heavy atom. The van der Waals surface area contributed by atoms with Gasteiger partial charge in [0.2, 0.25) is 11.8 Å². The Morgan fingerprint density at radius 3 is 1.90 bits per heavy atom. The average Bonchev–Trinajstić information content (AvgIpc) is 2.69. The topological polar surface area (TPSA) is 112 Å². The van der Waals surface area contributed by atoms with Gasteiger partial charge in [-0.2, -0.15) is 0 Å². The van der Waals surface area contributed by atoms with Crippen LogP contribution in [0.2, 0.25) is 0 Å². The molecule has 0 fully saturated rings. The molecular weight excluding hydrogens is 380 g/mol. The Hall–Kier alpha value is -1.55. The SMILES string of the molecule is CCOCCOCC(=O)NCCOCCOCC(=O)NCCCC[C@H](C)C(C)=O. The predicted molar refractivity (Wildman–Crippen MR) is 109 cm³/mol. The first-order valence-electron chi connectivity index (χ1n) is 10.3. The maximum atomic E-state index is 11.6. The molecule has 0 aromatic heterocycles. The summed E-state index contributed by atoms with van der Waals surface area (Å²) < 4.78 is 20.8. The molecule has 9 nitrogen and oxygen atoms in total. The number of carbonyl (C=O) groups is 3. The zero-order valence-electron chi connectivity index (χ0n) is 18.1. The van der Waals surface area contributed by atoms with Gasteiger partial charge in [0, 0.05) is 25.6 Å². The van der Waals surface area contributed by atoms with Crippen molar-refractivity contribution in [3.63, 3.8) is 0 Å². The van der Waals surface area contributed by atoms with Crippen LogP contribution < -0.4 is 10.6 Å². The quantitative estimate of drug-likeness (QED) is 0.280. The van der Waals surface area contributed by atoms with Gasteiger partial charge in [0.15, 0.2) is 0 Å². The van der Waals surface area contributed by atoms with Crippen LogP contribution in [0.5, 0.6) is 0 Å². The van der Waals surface area contributed by atoms with Gasteiger partial charge in [0.05, 0.1) is 33.0 Å². The molecule has 0 bridgehead atoms. The highest BCUT2D eigenvalue weighted by Crippen LogP contribution is 2.07. The van der Waals surface area contributed by atoms with Crippen molar-refractivity contribution >= 4 is 17.6 Å². The number of hydrogen-bond donors (Lipinski definition) is 2. The number of ether oxygens (including phenoxy) is 4. The van der Waals surface area contributed by atoms with E-state index < -0.39 is 0 Å². The van der Waals surface area contributed by atoms with Crippen LogP contribution in [0.1, 0.15) is 40.0 Å². The van der Waals surface area contributed by atoms with Crippen LogP contribution in [0.15, 0.2) is 0 Å². The molecule has 0 spiro atoms. The minimum Gasteiger partial charge on any atom is -0.379 e. The van der Waals surface area contributed by atoms with Crippen LogP contribution in [0.25, 0.3) is 0 Å². The zero-order chi connectivity index (χ0) is 21.7. The maximum Gasteiger partial charge on any atom is 0.246 e. The molecule has 0 heterocycles. The normalized spacial score (nSPS) is 11.8. The van der Waals surface area contributed by atoms with E-state index in [-0.39, 0.29) is 36.7 Å². The minimum atomic E-state index is -0.200. The Labute approximate surface area is 174 Å². The van der Waals surface area contributed by atoms with Gasteiger partial charge < -0.3 is 29.6 Å². The highest BCUT2D eigenvalue weighted by atomic mass is 16.5. The second kappa shape index (κ2) is 19.8. The van der Waals surface area contributed by atoms with E-state index in [4.69, 9.17) is 18.9 Å². The monoisotopic (exact) mass is 418 g/mol. The molecule has 2 amide bonds. The lowest BCUT2D eigenvalue weighted by Gasteiger charge is -2.09. The van der Waals surface area contributed by atoms with Gasteiger partial charge in [-0.3, -0.25) is 14.4 Å². The third kappa shape index (κ3) is 19.5. The number of carbonyl (C=O) groups excluding carboxylic acids is 3. The molecule has 9 heteroatoms. The van der Waals surface area contributed by atoms with Gasteiger partial charge in [-0.15, -0.1) is 0 Å². The summed E-state index contributed by atoms with van der Waals surface area (Å²) in [6, 6.07) is 0. The van der Waals surface area contributed by atoms with Gasteiger partial charge in [0.25, 0.3) is 0 Å². The molecule has 0 saturated carbocycles. The summed E-state index contributed by atoms with van der Waals surface area (Å²) in [5.74, 6) is -0.0780. The van der Waals surface area contributed by atoms with Crippen LogP contribution in [0.4, 0.5) is 0 Å². The van der Waals surface area contributed by atoms with Gasteiger partial charge >= 0.3 is 0 Å². The number of ketones is 1. The lowest BCUT2D eigenvalue weighted by Crippen LogP contribution is -2.31. The molecule has 0 aliphatic carbocycles. The molecule has 0 aliphatic rings. The molecule has 170 valence electrons. The van der Waals surface area contributed by atoms with E-state index in [1.165, 1.54) is 0 Å². The second-order valence-electron chi connectivity index (χ2n) is 6.62. The van der Waals surface area contributed by atoms with E-state index in [2.05, 4.69) is 10.6 Å². The number of unbranched alkanes of at least 4 members (excludes halogenated alkanes) is 1. The number of Topliss-reactive ketones (excluding diaryl/α,β-unsaturated/α-hetero) is 1. The van der Waals surface area contributed by atoms with Crippen molar-refractivity contribution in [1.82, 2.24) is 10.6 Å². The number of nitrogens with one attached hydrogen (secondary N) is 2. The Morgan fingerprint density at radius 2 is 1.31 bits per heavy atom. The van der Waals surface area contributed by atoms with E-state index in [0.717, 1.165) is 19.3 Å². The lowest BCUT2D eigenvalue weighted by atomic mass is 10.0. The van der Waals surface area contributed by atoms with Gasteiger partial charge in [-0.05, 0) is 26.7 Å². The summed E-state index contributed by atoms with van der Waals surface area (Å²) >= 11 is 0. The first-order chi connectivity index (χ1) is 14.0. The summed E-state index contributed by atoms with van der Waals surface area (Å²) in [6.07, 6.45) is 2.60. The summed E-state index contributed by atoms with van der Waals surface area (Å²) in [4.78, 5) is 34.2. The summed E-state index contributed by atoms with van der Waals surface area (Å²) in [5, 5.41) is 5.46. The molecule has 0 rings (SSSR count). The first kappa shape index (κ1) is 27.5. The predicted octanol–water partition coefficient (Wildman–Crippen LogP) is 0.701. The summed E-state index contributed by atoms with van der Waals surface area (Å²) in [7, 11) is 0. The van der Waals surface area contributed by atoms with Gasteiger partial charge in [0.1, 0.15) is 19.0 Å². The van der Waals surface area contributed by atoms with E-state index in [1.807, 2.05) is 13.8 Å². The Kier molecular flexibility index (Phi) is 18.7. The van der Waals surface area contributed by atoms with Gasteiger partial charge in [-0.25, -0.2) is 0 Å². The zero-order valence-corrected chi connectivity index (χ0v) is 18.1. The van der Waals surface area contributed by atoms with Crippen molar-refractivity contribution in [3.8, 4) is 0 Å². The first-order valence-corrected chi connectivity index (χ1v) is 10.3. The fourth-order valence-electron chi connectivity index (χ4n) is 2.18. The highest BCUT2D eigenvalue weighted by Gasteiger charge is 2.07. The molecule has 0 saturated heterocycles. The van der Waals surface area contributed by atoms with Crippen LogP contribution >= 0.6 is 0 Å². The van der Waals surface area contributed by atoms with Crippen LogP contribution in [-0.4, -0.2) is 83.5 Å². The van der Waals surface area contributed by atoms with Crippen molar-refractivity contribution in [1.29, 1.82) is 0 Å². The summed E-state index contributed by atoms with van der Waals surface area (Å²) in [6.45, 7) is 8.88. The Balaban J connectivity index is 3.34. The largest absolute Gasteiger partial charge is 0.379 e. The molecule has 0 aromatic rings. The minimum absolute atomic E-state index is 0.00104. The molecule has 29 heavy (non-hydrogen) atoms. The standard InChI is InChI=1S/C20H38N2O7/c1-4-26-11-13-28-16-20(25)22-9-10-27-12-14-29-15-19(24)21-8-6-5-7-17(2)18(3)23/h17H,4-16H2,1-3H3,(H,21,24)(H,22,25)/t17-/m0/s1. The number of rotatable bonds is 20. The molecule has 0 unspecified atom stereocenters. The molecule has 2 N–H and O–H groups in total. The van der Waals surface area contributed by atoms with E-state index in [1.54, 1.807) is 6.92 Å². The molecule has 0 aromatic carbocycles. The lowest BCUT2D eigenvalue weighted by molar-refractivity contribution is -0.127. The van der Waals surface area contributed by atoms with Crippen LogP contribution in [-0.2, 0) is 33.3 Å². The smallest absolute Gasteiger partial charge is 0.246 e. The molecule has 1 atom stereocenters. The fraction of sp³-hybridized carbons (Fsp3) is 0.850. The fourth-order valence-corrected chi connectivity index (χ4v) is 2.18. The average molecular weight is 419 g/mol. The third-order valence-corrected chi connectivity index (χ3v) is 4.06. The van der Waals surface area contributed by atoms with Crippen molar-refractivity contribution in [2.45, 2.75) is 40.0 Å². The Bertz CT molecular complexity index is 447. The van der Waals surface area contributed by atoms with Crippen molar-refractivity contribution in [2.75, 3.05) is 65.9 Å². The summed E-state index contributed by atoms with van der Waals surface area (Å²) in [5.41, 5.74) is 0. The molecular formula is C20H38N2O7. The van der Waals surface area contributed by atoms with E-state index >= 15 is 0 Å². The third-order valence-electron chi connectivity index (χ3n) is 4.06. The van der Waals surface area contributed by atoms with Crippen molar-refractivity contribution in [2.24, 2.45) is 5.92 Å². The van der Waals surface area contributed by atoms with Crippen molar-refractivity contribution in [3.05, 3.63) is 0 Å². The van der Waals surface area contributed by atoms with Crippen molar-refractivity contribution < 1.29 is 33.3 Å². The molecule has 0 radical (unpaired) electrons.